The molecule has 0 radical (unpaired) electrons. The normalized spacial score (nSPS) is 11.1. The number of halogens is 1. The molecular weight excluding hydrogens is 532 g/mol. The molecule has 0 unspecified atom stereocenters. The summed E-state index contributed by atoms with van der Waals surface area (Å²) in [7, 11) is 0. The molecule has 4 aromatic carbocycles. The summed E-state index contributed by atoms with van der Waals surface area (Å²) < 4.78 is 7.33. The van der Waals surface area contributed by atoms with Gasteiger partial charge in [0.1, 0.15) is 12.4 Å². The van der Waals surface area contributed by atoms with Crippen molar-refractivity contribution in [1.29, 1.82) is 0 Å². The predicted molar refractivity (Wildman–Crippen MR) is 156 cm³/mol. The minimum Gasteiger partial charge on any atom is -0.489 e. The summed E-state index contributed by atoms with van der Waals surface area (Å²) in [5.74, 6) is 0.376. The molecule has 0 atom stereocenters. The topological polar surface area (TPSA) is 85.6 Å². The number of para-hydroxylation sites is 1. The minimum absolute atomic E-state index is 0.00986. The van der Waals surface area contributed by atoms with Gasteiger partial charge in [-0.3, -0.25) is 14.2 Å². The third-order valence-electron chi connectivity index (χ3n) is 5.67. The standard InChI is InChI=1S/C30H23ClN4O3S/c31-23-13-15-24(16-14-23)35-29(37)26-11-4-5-12-27(26)33-30(35)39-20-28(36)34-32-18-22-9-6-10-25(17-22)38-19-21-7-2-1-3-8-21/h1-18H,19-20H2,(H,34,36)/b32-18-. The Morgan fingerprint density at radius 1 is 0.974 bits per heavy atom. The van der Waals surface area contributed by atoms with Crippen LogP contribution in [0.25, 0.3) is 16.6 Å². The molecule has 1 heterocycles. The van der Waals surface area contributed by atoms with E-state index < -0.39 is 0 Å². The van der Waals surface area contributed by atoms with E-state index in [2.05, 4.69) is 15.5 Å². The summed E-state index contributed by atoms with van der Waals surface area (Å²) in [4.78, 5) is 30.5. The van der Waals surface area contributed by atoms with Crippen LogP contribution in [0.1, 0.15) is 11.1 Å². The van der Waals surface area contributed by atoms with E-state index in [1.165, 1.54) is 4.57 Å². The minimum atomic E-state index is -0.335. The molecule has 9 heteroatoms. The van der Waals surface area contributed by atoms with Crippen molar-refractivity contribution in [3.05, 3.63) is 130 Å². The first-order valence-corrected chi connectivity index (χ1v) is 13.4. The molecule has 5 aromatic rings. The zero-order chi connectivity index (χ0) is 27.0. The van der Waals surface area contributed by atoms with Crippen LogP contribution in [0.2, 0.25) is 5.02 Å². The maximum Gasteiger partial charge on any atom is 0.266 e. The lowest BCUT2D eigenvalue weighted by Crippen LogP contribution is -2.24. The van der Waals surface area contributed by atoms with Crippen LogP contribution in [-0.2, 0) is 11.4 Å². The number of nitrogens with one attached hydrogen (secondary N) is 1. The highest BCUT2D eigenvalue weighted by molar-refractivity contribution is 7.99. The number of ether oxygens (including phenoxy) is 1. The number of hydrogen-bond donors (Lipinski definition) is 1. The molecule has 0 aliphatic carbocycles. The van der Waals surface area contributed by atoms with E-state index in [0.717, 1.165) is 22.9 Å². The van der Waals surface area contributed by atoms with Gasteiger partial charge in [0, 0.05) is 5.02 Å². The van der Waals surface area contributed by atoms with Gasteiger partial charge in [0.05, 0.1) is 28.6 Å². The molecule has 0 bridgehead atoms. The zero-order valence-corrected chi connectivity index (χ0v) is 22.2. The Labute approximate surface area is 234 Å². The number of carbonyl (C=O) groups excluding carboxylic acids is 1. The van der Waals surface area contributed by atoms with Crippen LogP contribution in [0.3, 0.4) is 0 Å². The van der Waals surface area contributed by atoms with Crippen molar-refractivity contribution in [3.8, 4) is 11.4 Å². The molecule has 7 nitrogen and oxygen atoms in total. The molecule has 194 valence electrons. The Hall–Kier alpha value is -4.40. The van der Waals surface area contributed by atoms with Gasteiger partial charge in [0.15, 0.2) is 5.16 Å². The van der Waals surface area contributed by atoms with Crippen molar-refractivity contribution >= 4 is 46.4 Å². The average molecular weight is 555 g/mol. The number of hydrazone groups is 1. The summed E-state index contributed by atoms with van der Waals surface area (Å²) in [5, 5.41) is 5.51. The lowest BCUT2D eigenvalue weighted by Gasteiger charge is -2.13. The summed E-state index contributed by atoms with van der Waals surface area (Å²) in [5.41, 5.74) is 5.33. The van der Waals surface area contributed by atoms with E-state index >= 15 is 0 Å². The van der Waals surface area contributed by atoms with Crippen molar-refractivity contribution in [1.82, 2.24) is 15.0 Å². The molecule has 0 saturated carbocycles. The molecule has 1 amide bonds. The van der Waals surface area contributed by atoms with Gasteiger partial charge in [-0.25, -0.2) is 10.4 Å². The van der Waals surface area contributed by atoms with Crippen molar-refractivity contribution in [2.45, 2.75) is 11.8 Å². The molecule has 0 aliphatic heterocycles. The first-order valence-electron chi connectivity index (χ1n) is 12.1. The van der Waals surface area contributed by atoms with Crippen molar-refractivity contribution in [2.75, 3.05) is 5.75 Å². The number of benzene rings is 4. The molecule has 39 heavy (non-hydrogen) atoms. The highest BCUT2D eigenvalue weighted by atomic mass is 35.5. The van der Waals surface area contributed by atoms with E-state index in [9.17, 15) is 9.59 Å². The van der Waals surface area contributed by atoms with Gasteiger partial charge >= 0.3 is 0 Å². The Morgan fingerprint density at radius 2 is 1.74 bits per heavy atom. The number of thioether (sulfide) groups is 1. The van der Waals surface area contributed by atoms with Gasteiger partial charge in [-0.05, 0) is 59.7 Å². The molecule has 0 aliphatic rings. The Balaban J connectivity index is 1.25. The summed E-state index contributed by atoms with van der Waals surface area (Å²) in [6.45, 7) is 0.458. The number of aromatic nitrogens is 2. The smallest absolute Gasteiger partial charge is 0.266 e. The number of hydrogen-bond acceptors (Lipinski definition) is 6. The van der Waals surface area contributed by atoms with Crippen LogP contribution in [-0.4, -0.2) is 27.4 Å². The maximum atomic E-state index is 13.3. The third kappa shape index (κ3) is 6.73. The maximum absolute atomic E-state index is 13.3. The van der Waals surface area contributed by atoms with E-state index in [1.807, 2.05) is 60.7 Å². The molecular formula is C30H23ClN4O3S. The van der Waals surface area contributed by atoms with Crippen LogP contribution in [0, 0.1) is 0 Å². The lowest BCUT2D eigenvalue weighted by molar-refractivity contribution is -0.118. The third-order valence-corrected chi connectivity index (χ3v) is 6.86. The molecule has 1 aromatic heterocycles. The number of rotatable bonds is 9. The molecule has 1 N–H and O–H groups in total. The second kappa shape index (κ2) is 12.4. The zero-order valence-electron chi connectivity index (χ0n) is 20.7. The summed E-state index contributed by atoms with van der Waals surface area (Å²) in [6.07, 6.45) is 1.55. The predicted octanol–water partition coefficient (Wildman–Crippen LogP) is 5.86. The molecule has 0 fully saturated rings. The second-order valence-corrected chi connectivity index (χ2v) is 9.84. The van der Waals surface area contributed by atoms with Crippen molar-refractivity contribution < 1.29 is 9.53 Å². The van der Waals surface area contributed by atoms with E-state index in [4.69, 9.17) is 16.3 Å². The highest BCUT2D eigenvalue weighted by Crippen LogP contribution is 2.22. The number of carbonyl (C=O) groups is 1. The van der Waals surface area contributed by atoms with E-state index in [1.54, 1.807) is 48.7 Å². The van der Waals surface area contributed by atoms with Crippen molar-refractivity contribution in [2.24, 2.45) is 5.10 Å². The van der Waals surface area contributed by atoms with E-state index in [0.29, 0.717) is 39.1 Å². The quantitative estimate of drug-likeness (QED) is 0.107. The summed E-state index contributed by atoms with van der Waals surface area (Å²) >= 11 is 7.19. The van der Waals surface area contributed by atoms with Gasteiger partial charge in [-0.15, -0.1) is 0 Å². The molecule has 0 saturated heterocycles. The van der Waals surface area contributed by atoms with Gasteiger partial charge < -0.3 is 4.74 Å². The average Bonchev–Trinajstić information content (AvgIpc) is 2.97. The highest BCUT2D eigenvalue weighted by Gasteiger charge is 2.14. The van der Waals surface area contributed by atoms with Gasteiger partial charge in [-0.1, -0.05) is 78.0 Å². The van der Waals surface area contributed by atoms with Crippen LogP contribution >= 0.6 is 23.4 Å². The SMILES string of the molecule is O=C(CSc1nc2ccccc2c(=O)n1-c1ccc(Cl)cc1)N/N=C\c1cccc(OCc2ccccc2)c1. The van der Waals surface area contributed by atoms with E-state index in [-0.39, 0.29) is 17.2 Å². The van der Waals surface area contributed by atoms with Crippen LogP contribution in [0.4, 0.5) is 0 Å². The first-order chi connectivity index (χ1) is 19.1. The van der Waals surface area contributed by atoms with Gasteiger partial charge in [0.25, 0.3) is 11.5 Å². The van der Waals surface area contributed by atoms with Gasteiger partial charge in [-0.2, -0.15) is 5.10 Å². The fourth-order valence-corrected chi connectivity index (χ4v) is 4.72. The Bertz CT molecular complexity index is 1690. The largest absolute Gasteiger partial charge is 0.489 e. The van der Waals surface area contributed by atoms with Crippen LogP contribution in [0.5, 0.6) is 5.75 Å². The number of fused-ring (bicyclic) bond motifs is 1. The molecule has 5 rings (SSSR count). The number of nitrogens with zero attached hydrogens (tertiary/aromatic N) is 3. The Morgan fingerprint density at radius 3 is 2.56 bits per heavy atom. The Kier molecular flexibility index (Phi) is 8.36. The first kappa shape index (κ1) is 26.2. The van der Waals surface area contributed by atoms with Crippen LogP contribution < -0.4 is 15.7 Å². The second-order valence-electron chi connectivity index (χ2n) is 8.46. The summed E-state index contributed by atoms with van der Waals surface area (Å²) in [6, 6.07) is 31.3. The monoisotopic (exact) mass is 554 g/mol. The van der Waals surface area contributed by atoms with Gasteiger partial charge in [0.2, 0.25) is 0 Å². The lowest BCUT2D eigenvalue weighted by atomic mass is 10.2. The fraction of sp³-hybridized carbons (Fsp3) is 0.0667. The van der Waals surface area contributed by atoms with Crippen LogP contribution in [0.15, 0.2) is 118 Å². The number of amides is 1. The molecule has 0 spiro atoms. The fourth-order valence-electron chi connectivity index (χ4n) is 3.79. The van der Waals surface area contributed by atoms with Crippen molar-refractivity contribution in [3.63, 3.8) is 0 Å².